The average Bonchev–Trinajstić information content (AvgIpc) is 2.75. The standard InChI is InChI=1S/C24H31NO6.H3P/c1-6-28-18-11-8-16(9-12-18)15-30-23(27)25(5)17-10-13-20-19(14-17)21(29-7-2)22(26)24(3,4)31-20;/h8-14,21-22,26H,6-7,15H2,1-5H3;1H3/t21-,22+;/m1./s1. The molecule has 0 saturated carbocycles. The van der Waals surface area contributed by atoms with Crippen molar-refractivity contribution in [3.63, 3.8) is 0 Å². The fourth-order valence-electron chi connectivity index (χ4n) is 3.49. The molecule has 1 amide bonds. The van der Waals surface area contributed by atoms with Crippen LogP contribution in [-0.4, -0.2) is 43.2 Å². The first-order valence-electron chi connectivity index (χ1n) is 10.5. The maximum Gasteiger partial charge on any atom is 0.414 e. The van der Waals surface area contributed by atoms with Crippen LogP contribution in [0, 0.1) is 0 Å². The highest BCUT2D eigenvalue weighted by molar-refractivity contribution is 6.92. The highest BCUT2D eigenvalue weighted by Gasteiger charge is 2.43. The molecule has 3 rings (SSSR count). The van der Waals surface area contributed by atoms with Crippen LogP contribution in [0.4, 0.5) is 10.5 Å². The largest absolute Gasteiger partial charge is 0.494 e. The summed E-state index contributed by atoms with van der Waals surface area (Å²) in [6.45, 7) is 8.65. The second-order valence-electron chi connectivity index (χ2n) is 7.94. The van der Waals surface area contributed by atoms with E-state index in [9.17, 15) is 9.90 Å². The number of carbonyl (C=O) groups is 1. The van der Waals surface area contributed by atoms with Gasteiger partial charge in [0.1, 0.15) is 35.9 Å². The summed E-state index contributed by atoms with van der Waals surface area (Å²) >= 11 is 0. The minimum Gasteiger partial charge on any atom is -0.494 e. The maximum atomic E-state index is 12.6. The monoisotopic (exact) mass is 463 g/mol. The number of anilines is 1. The van der Waals surface area contributed by atoms with Gasteiger partial charge in [0.05, 0.1) is 6.61 Å². The number of nitrogens with zero attached hydrogens (tertiary/aromatic N) is 1. The molecular weight excluding hydrogens is 429 g/mol. The van der Waals surface area contributed by atoms with Crippen molar-refractivity contribution in [2.75, 3.05) is 25.2 Å². The Balaban J connectivity index is 0.00000363. The number of rotatable bonds is 7. The van der Waals surface area contributed by atoms with E-state index in [4.69, 9.17) is 18.9 Å². The zero-order valence-corrected chi connectivity index (χ0v) is 20.9. The number of aliphatic hydroxyl groups excluding tert-OH is 1. The first-order chi connectivity index (χ1) is 14.8. The molecule has 0 fully saturated rings. The molecule has 0 bridgehead atoms. The van der Waals surface area contributed by atoms with E-state index >= 15 is 0 Å². The van der Waals surface area contributed by atoms with Crippen molar-refractivity contribution in [1.82, 2.24) is 0 Å². The van der Waals surface area contributed by atoms with Gasteiger partial charge in [0, 0.05) is 24.9 Å². The van der Waals surface area contributed by atoms with Crippen LogP contribution in [0.1, 0.15) is 44.9 Å². The predicted octanol–water partition coefficient (Wildman–Crippen LogP) is 4.53. The molecule has 1 aliphatic heterocycles. The van der Waals surface area contributed by atoms with Gasteiger partial charge in [-0.25, -0.2) is 4.79 Å². The molecule has 1 heterocycles. The number of hydrogen-bond acceptors (Lipinski definition) is 6. The molecule has 1 N–H and O–H groups in total. The zero-order valence-electron chi connectivity index (χ0n) is 19.5. The van der Waals surface area contributed by atoms with Gasteiger partial charge >= 0.3 is 6.09 Å². The van der Waals surface area contributed by atoms with Crippen LogP contribution in [0.5, 0.6) is 11.5 Å². The van der Waals surface area contributed by atoms with E-state index in [2.05, 4.69) is 0 Å². The molecule has 7 nitrogen and oxygen atoms in total. The van der Waals surface area contributed by atoms with E-state index in [0.29, 0.717) is 30.2 Å². The molecule has 0 radical (unpaired) electrons. The summed E-state index contributed by atoms with van der Waals surface area (Å²) in [4.78, 5) is 14.0. The normalized spacial score (nSPS) is 18.6. The van der Waals surface area contributed by atoms with Crippen LogP contribution in [0.3, 0.4) is 0 Å². The van der Waals surface area contributed by atoms with Gasteiger partial charge in [-0.05, 0) is 63.6 Å². The van der Waals surface area contributed by atoms with Crippen molar-refractivity contribution in [1.29, 1.82) is 0 Å². The van der Waals surface area contributed by atoms with Gasteiger partial charge in [0.25, 0.3) is 0 Å². The molecule has 0 spiro atoms. The van der Waals surface area contributed by atoms with Crippen molar-refractivity contribution in [3.05, 3.63) is 53.6 Å². The minimum atomic E-state index is -0.841. The van der Waals surface area contributed by atoms with Gasteiger partial charge < -0.3 is 24.1 Å². The van der Waals surface area contributed by atoms with Crippen LogP contribution in [0.2, 0.25) is 0 Å². The van der Waals surface area contributed by atoms with Gasteiger partial charge in [-0.15, -0.1) is 0 Å². The van der Waals surface area contributed by atoms with E-state index in [1.54, 1.807) is 25.2 Å². The Morgan fingerprint density at radius 2 is 1.81 bits per heavy atom. The topological polar surface area (TPSA) is 77.5 Å². The van der Waals surface area contributed by atoms with E-state index in [1.807, 2.05) is 52.0 Å². The second-order valence-corrected chi connectivity index (χ2v) is 7.94. The van der Waals surface area contributed by atoms with Gasteiger partial charge in [-0.3, -0.25) is 4.90 Å². The summed E-state index contributed by atoms with van der Waals surface area (Å²) in [5.74, 6) is 1.41. The number of hydrogen-bond donors (Lipinski definition) is 1. The molecule has 2 aromatic carbocycles. The number of carbonyl (C=O) groups excluding carboxylic acids is 1. The van der Waals surface area contributed by atoms with Crippen LogP contribution >= 0.6 is 9.90 Å². The summed E-state index contributed by atoms with van der Waals surface area (Å²) in [6, 6.07) is 12.8. The van der Waals surface area contributed by atoms with E-state index in [-0.39, 0.29) is 16.5 Å². The maximum absolute atomic E-state index is 12.6. The van der Waals surface area contributed by atoms with Crippen LogP contribution in [0.15, 0.2) is 42.5 Å². The van der Waals surface area contributed by atoms with Gasteiger partial charge in [0.15, 0.2) is 0 Å². The van der Waals surface area contributed by atoms with Gasteiger partial charge in [0.2, 0.25) is 0 Å². The van der Waals surface area contributed by atoms with Gasteiger partial charge in [-0.2, -0.15) is 9.90 Å². The quantitative estimate of drug-likeness (QED) is 0.608. The number of fused-ring (bicyclic) bond motifs is 1. The first-order valence-corrected chi connectivity index (χ1v) is 10.5. The molecular formula is C24H34NO6P. The smallest absolute Gasteiger partial charge is 0.414 e. The molecule has 1 aliphatic rings. The van der Waals surface area contributed by atoms with E-state index in [1.165, 1.54) is 4.90 Å². The van der Waals surface area contributed by atoms with Crippen LogP contribution < -0.4 is 14.4 Å². The molecule has 0 aromatic heterocycles. The Labute approximate surface area is 193 Å². The van der Waals surface area contributed by atoms with Crippen LogP contribution in [0.25, 0.3) is 0 Å². The summed E-state index contributed by atoms with van der Waals surface area (Å²) in [6.07, 6.45) is -1.87. The molecule has 176 valence electrons. The Hall–Kier alpha value is -2.34. The van der Waals surface area contributed by atoms with Gasteiger partial charge in [-0.1, -0.05) is 12.1 Å². The Morgan fingerprint density at radius 1 is 1.12 bits per heavy atom. The fraction of sp³-hybridized carbons (Fsp3) is 0.458. The third-order valence-electron chi connectivity index (χ3n) is 5.28. The van der Waals surface area contributed by atoms with E-state index < -0.39 is 23.9 Å². The van der Waals surface area contributed by atoms with Crippen molar-refractivity contribution in [2.45, 2.75) is 52.1 Å². The SMILES string of the molecule is CCOc1ccc(COC(=O)N(C)c2ccc3c(c2)[C@@H](OCC)[C@H](O)C(C)(C)O3)cc1.P. The predicted molar refractivity (Wildman–Crippen MR) is 129 cm³/mol. The first kappa shape index (κ1) is 25.9. The number of amides is 1. The fourth-order valence-corrected chi connectivity index (χ4v) is 3.49. The van der Waals surface area contributed by atoms with Crippen molar-refractivity contribution in [2.24, 2.45) is 0 Å². The molecule has 2 aromatic rings. The summed E-state index contributed by atoms with van der Waals surface area (Å²) in [7, 11) is 1.64. The number of benzene rings is 2. The summed E-state index contributed by atoms with van der Waals surface area (Å²) in [5, 5.41) is 10.7. The minimum absolute atomic E-state index is 0. The third kappa shape index (κ3) is 5.71. The number of ether oxygens (including phenoxy) is 4. The van der Waals surface area contributed by atoms with Crippen molar-refractivity contribution < 1.29 is 28.8 Å². The highest BCUT2D eigenvalue weighted by Crippen LogP contribution is 2.43. The Morgan fingerprint density at radius 3 is 2.44 bits per heavy atom. The Bertz CT molecular complexity index is 902. The molecule has 3 atom stereocenters. The summed E-state index contributed by atoms with van der Waals surface area (Å²) in [5.41, 5.74) is 1.41. The van der Waals surface area contributed by atoms with Crippen LogP contribution in [-0.2, 0) is 16.1 Å². The number of aliphatic hydroxyl groups is 1. The average molecular weight is 464 g/mol. The lowest BCUT2D eigenvalue weighted by molar-refractivity contribution is -0.132. The molecule has 32 heavy (non-hydrogen) atoms. The second kappa shape index (κ2) is 11.0. The molecule has 8 heteroatoms. The lowest BCUT2D eigenvalue weighted by Crippen LogP contribution is -2.49. The lowest BCUT2D eigenvalue weighted by Gasteiger charge is -2.42. The lowest BCUT2D eigenvalue weighted by atomic mass is 9.88. The Kier molecular flexibility index (Phi) is 8.90. The molecule has 0 aliphatic carbocycles. The molecule has 1 unspecified atom stereocenters. The highest BCUT2D eigenvalue weighted by atomic mass is 31.0. The molecule has 0 saturated heterocycles. The van der Waals surface area contributed by atoms with Crippen molar-refractivity contribution in [3.8, 4) is 11.5 Å². The van der Waals surface area contributed by atoms with E-state index in [0.717, 1.165) is 11.3 Å². The van der Waals surface area contributed by atoms with Crippen molar-refractivity contribution >= 4 is 21.7 Å². The summed E-state index contributed by atoms with van der Waals surface area (Å²) < 4.78 is 22.6. The zero-order chi connectivity index (χ0) is 22.6. The third-order valence-corrected chi connectivity index (χ3v) is 5.28.